The minimum Gasteiger partial charge on any atom is -0.378 e. The van der Waals surface area contributed by atoms with Gasteiger partial charge in [0.05, 0.1) is 17.4 Å². The number of amides is 1. The minimum atomic E-state index is 0.168. The highest BCUT2D eigenvalue weighted by Gasteiger charge is 2.26. The second-order valence-electron chi connectivity index (χ2n) is 5.99. The molecule has 1 aliphatic rings. The molecule has 0 bridgehead atoms. The van der Waals surface area contributed by atoms with Crippen LogP contribution in [0.1, 0.15) is 24.0 Å². The monoisotopic (exact) mass is 320 g/mol. The number of rotatable bonds is 5. The molecule has 0 unspecified atom stereocenters. The molecular weight excluding hydrogens is 300 g/mol. The summed E-state index contributed by atoms with van der Waals surface area (Å²) in [5, 5.41) is 12.5. The van der Waals surface area contributed by atoms with E-state index in [4.69, 9.17) is 5.26 Å². The van der Waals surface area contributed by atoms with Gasteiger partial charge in [0.2, 0.25) is 5.91 Å². The van der Waals surface area contributed by atoms with Gasteiger partial charge in [-0.15, -0.1) is 0 Å². The van der Waals surface area contributed by atoms with E-state index in [1.807, 2.05) is 35.2 Å². The molecular formula is C19H20N4O. The maximum absolute atomic E-state index is 12.4. The Kier molecular flexibility index (Phi) is 5.07. The van der Waals surface area contributed by atoms with Crippen molar-refractivity contribution in [1.82, 2.24) is 9.88 Å². The average Bonchev–Trinajstić information content (AvgIpc) is 3.10. The number of carbonyl (C=O) groups excluding carboxylic acids is 1. The summed E-state index contributed by atoms with van der Waals surface area (Å²) in [7, 11) is 0. The van der Waals surface area contributed by atoms with Gasteiger partial charge in [0.1, 0.15) is 6.07 Å². The van der Waals surface area contributed by atoms with E-state index in [0.29, 0.717) is 18.5 Å². The first-order chi connectivity index (χ1) is 11.8. The molecule has 2 aromatic rings. The van der Waals surface area contributed by atoms with Crippen molar-refractivity contribution in [3.05, 3.63) is 59.9 Å². The molecule has 1 aromatic heterocycles. The van der Waals surface area contributed by atoms with Crippen molar-refractivity contribution in [1.29, 1.82) is 5.26 Å². The molecule has 1 fully saturated rings. The topological polar surface area (TPSA) is 69.0 Å². The summed E-state index contributed by atoms with van der Waals surface area (Å²) in [5.74, 6) is 0.190. The Morgan fingerprint density at radius 2 is 2.17 bits per heavy atom. The molecule has 5 heteroatoms. The number of nitrogens with zero attached hydrogens (tertiary/aromatic N) is 3. The lowest BCUT2D eigenvalue weighted by atomic mass is 10.1. The van der Waals surface area contributed by atoms with Gasteiger partial charge < -0.3 is 10.2 Å². The predicted octanol–water partition coefficient (Wildman–Crippen LogP) is 2.60. The quantitative estimate of drug-likeness (QED) is 0.919. The zero-order valence-corrected chi connectivity index (χ0v) is 13.5. The third-order valence-corrected chi connectivity index (χ3v) is 4.31. The van der Waals surface area contributed by atoms with E-state index in [0.717, 1.165) is 25.1 Å². The molecule has 0 saturated carbocycles. The Labute approximate surface area is 141 Å². The Hall–Kier alpha value is -2.87. The molecule has 3 rings (SSSR count). The van der Waals surface area contributed by atoms with E-state index in [1.165, 1.54) is 5.56 Å². The lowest BCUT2D eigenvalue weighted by Crippen LogP contribution is -2.31. The largest absolute Gasteiger partial charge is 0.378 e. The number of likely N-dealkylation sites (tertiary alicyclic amines) is 1. The van der Waals surface area contributed by atoms with Crippen molar-refractivity contribution in [3.8, 4) is 6.07 Å². The summed E-state index contributed by atoms with van der Waals surface area (Å²) in [4.78, 5) is 18.3. The van der Waals surface area contributed by atoms with E-state index in [9.17, 15) is 4.79 Å². The van der Waals surface area contributed by atoms with Gasteiger partial charge in [-0.25, -0.2) is 0 Å². The number of nitrogens with one attached hydrogen (secondary N) is 1. The van der Waals surface area contributed by atoms with Crippen molar-refractivity contribution in [2.75, 3.05) is 18.4 Å². The first-order valence-corrected chi connectivity index (χ1v) is 8.18. The summed E-state index contributed by atoms with van der Waals surface area (Å²) < 4.78 is 0. The Morgan fingerprint density at radius 1 is 1.33 bits per heavy atom. The number of hydrogen-bond acceptors (Lipinski definition) is 4. The predicted molar refractivity (Wildman–Crippen MR) is 92.3 cm³/mol. The number of benzene rings is 1. The van der Waals surface area contributed by atoms with Crippen molar-refractivity contribution in [2.45, 2.75) is 25.3 Å². The van der Waals surface area contributed by atoms with E-state index >= 15 is 0 Å². The fourth-order valence-electron chi connectivity index (χ4n) is 2.99. The van der Waals surface area contributed by atoms with Crippen LogP contribution in [-0.2, 0) is 11.2 Å². The Morgan fingerprint density at radius 3 is 2.96 bits per heavy atom. The van der Waals surface area contributed by atoms with Crippen LogP contribution in [0.3, 0.4) is 0 Å². The fraction of sp³-hybridized carbons (Fsp3) is 0.316. The molecule has 24 heavy (non-hydrogen) atoms. The van der Waals surface area contributed by atoms with Crippen LogP contribution in [0.4, 0.5) is 5.69 Å². The number of anilines is 1. The molecule has 0 aliphatic carbocycles. The molecule has 5 nitrogen and oxygen atoms in total. The summed E-state index contributed by atoms with van der Waals surface area (Å²) >= 11 is 0. The molecule has 0 radical (unpaired) electrons. The second kappa shape index (κ2) is 7.60. The first kappa shape index (κ1) is 16.0. The van der Waals surface area contributed by atoms with Gasteiger partial charge in [-0.05, 0) is 24.5 Å². The van der Waals surface area contributed by atoms with Crippen LogP contribution in [0.25, 0.3) is 0 Å². The van der Waals surface area contributed by atoms with Crippen LogP contribution in [0.5, 0.6) is 0 Å². The van der Waals surface area contributed by atoms with E-state index < -0.39 is 0 Å². The second-order valence-corrected chi connectivity index (χ2v) is 5.99. The molecule has 1 amide bonds. The van der Waals surface area contributed by atoms with Crippen molar-refractivity contribution >= 4 is 11.6 Å². The smallest absolute Gasteiger partial charge is 0.222 e. The van der Waals surface area contributed by atoms with Crippen LogP contribution in [0.2, 0.25) is 0 Å². The number of carbonyl (C=O) groups is 1. The fourth-order valence-corrected chi connectivity index (χ4v) is 2.99. The van der Waals surface area contributed by atoms with Gasteiger partial charge in [-0.1, -0.05) is 30.3 Å². The van der Waals surface area contributed by atoms with Gasteiger partial charge in [0, 0.05) is 31.7 Å². The van der Waals surface area contributed by atoms with Crippen molar-refractivity contribution in [2.24, 2.45) is 0 Å². The minimum absolute atomic E-state index is 0.168. The van der Waals surface area contributed by atoms with Crippen molar-refractivity contribution < 1.29 is 4.79 Å². The van der Waals surface area contributed by atoms with Crippen LogP contribution >= 0.6 is 0 Å². The van der Waals surface area contributed by atoms with Gasteiger partial charge in [0.15, 0.2) is 0 Å². The van der Waals surface area contributed by atoms with Crippen LogP contribution in [-0.4, -0.2) is 34.9 Å². The Bertz CT molecular complexity index is 739. The number of nitriles is 1. The molecule has 1 saturated heterocycles. The van der Waals surface area contributed by atoms with Gasteiger partial charge in [-0.3, -0.25) is 9.78 Å². The zero-order valence-electron chi connectivity index (χ0n) is 13.5. The third kappa shape index (κ3) is 3.90. The molecule has 2 heterocycles. The standard InChI is InChI=1S/C19H20N4O/c20-12-16-8-10-21-13-18(16)22-17-9-11-23(14-17)19(24)7-6-15-4-2-1-3-5-15/h1-5,8,10,13,17,22H,6-7,9,11,14H2/t17-/m1/s1. The van der Waals surface area contributed by atoms with Gasteiger partial charge in [-0.2, -0.15) is 5.26 Å². The summed E-state index contributed by atoms with van der Waals surface area (Å²) in [6, 6.07) is 14.1. The molecule has 1 N–H and O–H groups in total. The molecule has 1 aromatic carbocycles. The van der Waals surface area contributed by atoms with Gasteiger partial charge in [0.25, 0.3) is 0 Å². The maximum atomic E-state index is 12.4. The SMILES string of the molecule is N#Cc1ccncc1N[C@@H]1CCN(C(=O)CCc2ccccc2)C1. The average molecular weight is 320 g/mol. The number of aromatic nitrogens is 1. The number of pyridine rings is 1. The lowest BCUT2D eigenvalue weighted by Gasteiger charge is -2.18. The first-order valence-electron chi connectivity index (χ1n) is 8.18. The van der Waals surface area contributed by atoms with Crippen LogP contribution < -0.4 is 5.32 Å². The maximum Gasteiger partial charge on any atom is 0.222 e. The van der Waals surface area contributed by atoms with E-state index in [-0.39, 0.29) is 11.9 Å². The van der Waals surface area contributed by atoms with Crippen LogP contribution in [0, 0.1) is 11.3 Å². The summed E-state index contributed by atoms with van der Waals surface area (Å²) in [6.45, 7) is 1.43. The Balaban J connectivity index is 1.51. The molecule has 122 valence electrons. The van der Waals surface area contributed by atoms with Gasteiger partial charge >= 0.3 is 0 Å². The molecule has 1 aliphatic heterocycles. The van der Waals surface area contributed by atoms with E-state index in [2.05, 4.69) is 16.4 Å². The van der Waals surface area contributed by atoms with Crippen molar-refractivity contribution in [3.63, 3.8) is 0 Å². The lowest BCUT2D eigenvalue weighted by molar-refractivity contribution is -0.130. The summed E-state index contributed by atoms with van der Waals surface area (Å²) in [6.07, 6.45) is 5.47. The number of hydrogen-bond donors (Lipinski definition) is 1. The third-order valence-electron chi connectivity index (χ3n) is 4.31. The highest BCUT2D eigenvalue weighted by Crippen LogP contribution is 2.19. The highest BCUT2D eigenvalue weighted by atomic mass is 16.2. The molecule has 0 spiro atoms. The van der Waals surface area contributed by atoms with Crippen LogP contribution in [0.15, 0.2) is 48.8 Å². The molecule has 1 atom stereocenters. The number of aryl methyl sites for hydroxylation is 1. The highest BCUT2D eigenvalue weighted by molar-refractivity contribution is 5.77. The zero-order chi connectivity index (χ0) is 16.8. The van der Waals surface area contributed by atoms with E-state index in [1.54, 1.807) is 18.5 Å². The summed E-state index contributed by atoms with van der Waals surface area (Å²) in [5.41, 5.74) is 2.51. The normalized spacial score (nSPS) is 16.6.